The molecule has 0 aliphatic carbocycles. The minimum atomic E-state index is -0.534. The molecule has 1 saturated heterocycles. The minimum Gasteiger partial charge on any atom is -0.456 e. The number of hydrogen-bond donors (Lipinski definition) is 0. The van der Waals surface area contributed by atoms with Crippen LogP contribution in [0.2, 0.25) is 5.02 Å². The number of rotatable bonds is 6. The smallest absolute Gasteiger partial charge is 0.306 e. The number of amides is 1. The monoisotopic (exact) mass is 365 g/mol. The van der Waals surface area contributed by atoms with Crippen LogP contribution in [-0.4, -0.2) is 42.3 Å². The van der Waals surface area contributed by atoms with Crippen molar-refractivity contribution in [2.45, 2.75) is 33.1 Å². The molecule has 0 aromatic heterocycles. The summed E-state index contributed by atoms with van der Waals surface area (Å²) in [4.78, 5) is 37.7. The van der Waals surface area contributed by atoms with Gasteiger partial charge in [-0.25, -0.2) is 0 Å². The summed E-state index contributed by atoms with van der Waals surface area (Å²) in [6.07, 6.45) is 1.12. The Morgan fingerprint density at radius 1 is 1.08 bits per heavy atom. The number of nitrogens with zero attached hydrogens (tertiary/aromatic N) is 1. The highest BCUT2D eigenvalue weighted by Gasteiger charge is 2.25. The predicted octanol–water partition coefficient (Wildman–Crippen LogP) is 3.35. The fraction of sp³-hybridized carbons (Fsp3) is 0.526. The Morgan fingerprint density at radius 3 is 2.28 bits per heavy atom. The van der Waals surface area contributed by atoms with E-state index in [-0.39, 0.29) is 31.1 Å². The van der Waals surface area contributed by atoms with Gasteiger partial charge in [-0.05, 0) is 42.5 Å². The summed E-state index contributed by atoms with van der Waals surface area (Å²) in [7, 11) is 0. The highest BCUT2D eigenvalue weighted by atomic mass is 35.5. The molecule has 1 fully saturated rings. The number of carbonyl (C=O) groups is 3. The maximum absolute atomic E-state index is 12.2. The summed E-state index contributed by atoms with van der Waals surface area (Å²) in [5.41, 5.74) is 0.504. The van der Waals surface area contributed by atoms with Gasteiger partial charge in [0.1, 0.15) is 0 Å². The molecule has 1 amide bonds. The van der Waals surface area contributed by atoms with Crippen LogP contribution in [0.3, 0.4) is 0 Å². The Balaban J connectivity index is 1.72. The van der Waals surface area contributed by atoms with Crippen molar-refractivity contribution in [1.29, 1.82) is 0 Å². The van der Waals surface area contributed by atoms with Crippen LogP contribution in [0.5, 0.6) is 0 Å². The lowest BCUT2D eigenvalue weighted by Crippen LogP contribution is -2.44. The zero-order valence-corrected chi connectivity index (χ0v) is 15.4. The van der Waals surface area contributed by atoms with Crippen molar-refractivity contribution >= 4 is 29.3 Å². The van der Waals surface area contributed by atoms with E-state index in [9.17, 15) is 14.4 Å². The van der Waals surface area contributed by atoms with Gasteiger partial charge in [0, 0.05) is 30.1 Å². The fourth-order valence-electron chi connectivity index (χ4n) is 3.17. The molecule has 0 radical (unpaired) electrons. The van der Waals surface area contributed by atoms with E-state index >= 15 is 0 Å². The highest BCUT2D eigenvalue weighted by molar-refractivity contribution is 6.30. The zero-order chi connectivity index (χ0) is 18.4. The molecule has 0 saturated carbocycles. The second-order valence-electron chi connectivity index (χ2n) is 6.84. The van der Waals surface area contributed by atoms with Crippen molar-refractivity contribution in [1.82, 2.24) is 4.90 Å². The summed E-state index contributed by atoms with van der Waals surface area (Å²) >= 11 is 5.78. The molecular formula is C19H24ClNO4. The topological polar surface area (TPSA) is 63.7 Å². The molecule has 1 aliphatic rings. The number of carbonyl (C=O) groups excluding carboxylic acids is 3. The molecular weight excluding hydrogens is 342 g/mol. The van der Waals surface area contributed by atoms with Crippen LogP contribution in [0.1, 0.15) is 43.5 Å². The average Bonchev–Trinajstić information content (AvgIpc) is 2.57. The third kappa shape index (κ3) is 6.16. The lowest BCUT2D eigenvalue weighted by Gasteiger charge is -2.34. The first-order valence-corrected chi connectivity index (χ1v) is 8.95. The molecule has 0 bridgehead atoms. The number of piperidine rings is 1. The van der Waals surface area contributed by atoms with Gasteiger partial charge in [0.05, 0.1) is 6.42 Å². The zero-order valence-electron chi connectivity index (χ0n) is 14.7. The number of ketones is 1. The van der Waals surface area contributed by atoms with Crippen LogP contribution in [0.4, 0.5) is 0 Å². The third-order valence-electron chi connectivity index (χ3n) is 4.30. The number of benzene rings is 1. The molecule has 2 atom stereocenters. The van der Waals surface area contributed by atoms with Gasteiger partial charge in [-0.1, -0.05) is 25.4 Å². The summed E-state index contributed by atoms with van der Waals surface area (Å²) in [5.74, 6) is 0.0592. The van der Waals surface area contributed by atoms with Crippen molar-refractivity contribution in [2.75, 3.05) is 19.7 Å². The van der Waals surface area contributed by atoms with E-state index < -0.39 is 5.97 Å². The fourth-order valence-corrected chi connectivity index (χ4v) is 3.29. The van der Waals surface area contributed by atoms with E-state index in [1.165, 1.54) is 0 Å². The SMILES string of the molecule is C[C@@H]1C[C@H](C)CN(C(=O)COC(=O)CCC(=O)c2ccc(Cl)cc2)C1. The van der Waals surface area contributed by atoms with Gasteiger partial charge in [0.2, 0.25) is 0 Å². The summed E-state index contributed by atoms with van der Waals surface area (Å²) in [5, 5.41) is 0.552. The van der Waals surface area contributed by atoms with Gasteiger partial charge in [0.15, 0.2) is 12.4 Å². The molecule has 1 aromatic rings. The molecule has 1 aromatic carbocycles. The Hall–Kier alpha value is -1.88. The number of Topliss-reactive ketones (excluding diaryl/α,β-unsaturated/α-hetero) is 1. The average molecular weight is 366 g/mol. The van der Waals surface area contributed by atoms with Crippen molar-refractivity contribution < 1.29 is 19.1 Å². The first-order valence-electron chi connectivity index (χ1n) is 8.57. The molecule has 1 aliphatic heterocycles. The van der Waals surface area contributed by atoms with Crippen molar-refractivity contribution in [3.8, 4) is 0 Å². The van der Waals surface area contributed by atoms with Crippen LogP contribution in [0.25, 0.3) is 0 Å². The van der Waals surface area contributed by atoms with Crippen molar-refractivity contribution in [2.24, 2.45) is 11.8 Å². The second-order valence-corrected chi connectivity index (χ2v) is 7.27. The molecule has 2 rings (SSSR count). The second kappa shape index (κ2) is 8.99. The maximum Gasteiger partial charge on any atom is 0.306 e. The third-order valence-corrected chi connectivity index (χ3v) is 4.55. The van der Waals surface area contributed by atoms with Gasteiger partial charge < -0.3 is 9.64 Å². The Bertz CT molecular complexity index is 619. The lowest BCUT2D eigenvalue weighted by atomic mass is 9.92. The van der Waals surface area contributed by atoms with E-state index in [4.69, 9.17) is 16.3 Å². The van der Waals surface area contributed by atoms with Crippen molar-refractivity contribution in [3.63, 3.8) is 0 Å². The van der Waals surface area contributed by atoms with Gasteiger partial charge >= 0.3 is 5.97 Å². The molecule has 0 N–H and O–H groups in total. The van der Waals surface area contributed by atoms with Gasteiger partial charge in [-0.2, -0.15) is 0 Å². The van der Waals surface area contributed by atoms with Crippen LogP contribution >= 0.6 is 11.6 Å². The van der Waals surface area contributed by atoms with Crippen LogP contribution < -0.4 is 0 Å². The van der Waals surface area contributed by atoms with Crippen LogP contribution in [0, 0.1) is 11.8 Å². The number of ether oxygens (including phenoxy) is 1. The van der Waals surface area contributed by atoms with E-state index in [2.05, 4.69) is 13.8 Å². The molecule has 25 heavy (non-hydrogen) atoms. The molecule has 1 heterocycles. The van der Waals surface area contributed by atoms with Gasteiger partial charge in [-0.3, -0.25) is 14.4 Å². The predicted molar refractivity (Wildman–Crippen MR) is 95.5 cm³/mol. The lowest BCUT2D eigenvalue weighted by molar-refractivity contribution is -0.153. The Morgan fingerprint density at radius 2 is 1.68 bits per heavy atom. The first-order chi connectivity index (χ1) is 11.8. The standard InChI is InChI=1S/C19H24ClNO4/c1-13-9-14(2)11-21(10-13)18(23)12-25-19(24)8-7-17(22)15-3-5-16(20)6-4-15/h3-6,13-14H,7-12H2,1-2H3/t13-,14+. The normalized spacial score (nSPS) is 20.2. The van der Waals surface area contributed by atoms with E-state index in [0.29, 0.717) is 35.5 Å². The molecule has 6 heteroatoms. The molecule has 0 spiro atoms. The quantitative estimate of drug-likeness (QED) is 0.573. The van der Waals surface area contributed by atoms with Crippen molar-refractivity contribution in [3.05, 3.63) is 34.9 Å². The number of halogens is 1. The largest absolute Gasteiger partial charge is 0.456 e. The van der Waals surface area contributed by atoms with Gasteiger partial charge in [0.25, 0.3) is 5.91 Å². The van der Waals surface area contributed by atoms with Gasteiger partial charge in [-0.15, -0.1) is 0 Å². The Kier molecular flexibility index (Phi) is 7.00. The molecule has 136 valence electrons. The Labute approximate surface area is 153 Å². The van der Waals surface area contributed by atoms with E-state index in [1.54, 1.807) is 29.2 Å². The number of likely N-dealkylation sites (tertiary alicyclic amines) is 1. The minimum absolute atomic E-state index is 0.0401. The molecule has 0 unspecified atom stereocenters. The van der Waals surface area contributed by atoms with E-state index in [0.717, 1.165) is 6.42 Å². The van der Waals surface area contributed by atoms with Crippen LogP contribution in [0.15, 0.2) is 24.3 Å². The molecule has 5 nitrogen and oxygen atoms in total. The summed E-state index contributed by atoms with van der Waals surface area (Å²) in [6, 6.07) is 6.51. The van der Waals surface area contributed by atoms with E-state index in [1.807, 2.05) is 0 Å². The maximum atomic E-state index is 12.2. The number of hydrogen-bond acceptors (Lipinski definition) is 4. The van der Waals surface area contributed by atoms with Crippen LogP contribution in [-0.2, 0) is 14.3 Å². The highest BCUT2D eigenvalue weighted by Crippen LogP contribution is 2.21. The number of esters is 1. The first kappa shape index (κ1) is 19.4. The summed E-state index contributed by atoms with van der Waals surface area (Å²) < 4.78 is 5.03. The summed E-state index contributed by atoms with van der Waals surface area (Å²) in [6.45, 7) is 5.38.